The van der Waals surface area contributed by atoms with Crippen LogP contribution in [-0.4, -0.2) is 67.1 Å². The number of likely N-dealkylation sites (tertiary alicyclic amines) is 1. The molecule has 200 valence electrons. The number of anilines is 1. The van der Waals surface area contributed by atoms with Gasteiger partial charge in [0.1, 0.15) is 5.82 Å². The van der Waals surface area contributed by atoms with Crippen LogP contribution in [0.4, 0.5) is 10.1 Å². The Morgan fingerprint density at radius 3 is 2.43 bits per heavy atom. The van der Waals surface area contributed by atoms with Gasteiger partial charge in [-0.05, 0) is 61.9 Å². The van der Waals surface area contributed by atoms with Gasteiger partial charge in [-0.3, -0.25) is 14.6 Å². The van der Waals surface area contributed by atoms with Crippen LogP contribution in [0.15, 0.2) is 48.5 Å². The number of carbonyl (C=O) groups is 1. The smallest absolute Gasteiger partial charge is 0.220 e. The molecular weight excluding hydrogens is 487 g/mol. The van der Waals surface area contributed by atoms with E-state index in [0.29, 0.717) is 30.1 Å². The summed E-state index contributed by atoms with van der Waals surface area (Å²) >= 11 is 6.47. The van der Waals surface area contributed by atoms with Gasteiger partial charge in [-0.2, -0.15) is 0 Å². The fourth-order valence-electron chi connectivity index (χ4n) is 6.56. The quantitative estimate of drug-likeness (QED) is 0.504. The van der Waals surface area contributed by atoms with Crippen LogP contribution in [0, 0.1) is 11.7 Å². The third kappa shape index (κ3) is 6.84. The van der Waals surface area contributed by atoms with Gasteiger partial charge in [-0.25, -0.2) is 4.39 Å². The summed E-state index contributed by atoms with van der Waals surface area (Å²) in [6.07, 6.45) is 7.27. The molecule has 3 aliphatic rings. The van der Waals surface area contributed by atoms with Crippen LogP contribution in [0.3, 0.4) is 0 Å². The van der Waals surface area contributed by atoms with Crippen molar-refractivity contribution in [2.45, 2.75) is 63.6 Å². The average Bonchev–Trinajstić information content (AvgIpc) is 3.42. The maximum atomic E-state index is 14.4. The number of benzene rings is 2. The van der Waals surface area contributed by atoms with Gasteiger partial charge in [0.2, 0.25) is 5.91 Å². The minimum absolute atomic E-state index is 0.144. The highest BCUT2D eigenvalue weighted by Crippen LogP contribution is 2.30. The summed E-state index contributed by atoms with van der Waals surface area (Å²) < 4.78 is 14.4. The molecule has 0 unspecified atom stereocenters. The number of carbonyl (C=O) groups excluding carboxylic acids is 1. The summed E-state index contributed by atoms with van der Waals surface area (Å²) in [6.45, 7) is 6.35. The van der Waals surface area contributed by atoms with Crippen LogP contribution < -0.4 is 10.2 Å². The Bertz CT molecular complexity index is 1040. The molecule has 0 bridgehead atoms. The van der Waals surface area contributed by atoms with E-state index < -0.39 is 0 Å². The molecule has 5 nitrogen and oxygen atoms in total. The molecule has 1 N–H and O–H groups in total. The highest BCUT2D eigenvalue weighted by molar-refractivity contribution is 6.31. The first kappa shape index (κ1) is 26.5. The van der Waals surface area contributed by atoms with Crippen molar-refractivity contribution >= 4 is 23.2 Å². The second-order valence-electron chi connectivity index (χ2n) is 11.0. The second kappa shape index (κ2) is 12.6. The first-order valence-corrected chi connectivity index (χ1v) is 14.4. The molecule has 3 fully saturated rings. The summed E-state index contributed by atoms with van der Waals surface area (Å²) in [5.74, 6) is 0.485. The molecule has 1 saturated carbocycles. The maximum absolute atomic E-state index is 14.4. The monoisotopic (exact) mass is 526 g/mol. The minimum atomic E-state index is -0.144. The van der Waals surface area contributed by atoms with Gasteiger partial charge in [-0.15, -0.1) is 0 Å². The Kier molecular flexibility index (Phi) is 9.01. The second-order valence-corrected chi connectivity index (χ2v) is 11.4. The lowest BCUT2D eigenvalue weighted by Crippen LogP contribution is -2.57. The number of amides is 1. The normalized spacial score (nSPS) is 23.9. The fraction of sp³-hybridized carbons (Fsp3) is 0.567. The SMILES string of the molecule is O=C(CC[C@H]1CN(Cc2ccccc2Cl)CC[C@H]1N1CCN(c2ccccc2F)CC1)NC1CCCC1. The number of piperidine rings is 1. The third-order valence-corrected chi connectivity index (χ3v) is 8.94. The lowest BCUT2D eigenvalue weighted by atomic mass is 9.86. The molecule has 2 aliphatic heterocycles. The van der Waals surface area contributed by atoms with Crippen molar-refractivity contribution < 1.29 is 9.18 Å². The van der Waals surface area contributed by atoms with Crippen LogP contribution >= 0.6 is 11.6 Å². The van der Waals surface area contributed by atoms with Gasteiger partial charge < -0.3 is 10.2 Å². The minimum Gasteiger partial charge on any atom is -0.367 e. The molecule has 1 amide bonds. The van der Waals surface area contributed by atoms with E-state index in [0.717, 1.165) is 76.5 Å². The number of nitrogens with zero attached hydrogens (tertiary/aromatic N) is 3. The topological polar surface area (TPSA) is 38.8 Å². The maximum Gasteiger partial charge on any atom is 0.220 e. The van der Waals surface area contributed by atoms with Crippen LogP contribution in [0.1, 0.15) is 50.5 Å². The molecule has 0 aromatic heterocycles. The summed E-state index contributed by atoms with van der Waals surface area (Å²) in [7, 11) is 0. The molecule has 2 aromatic carbocycles. The van der Waals surface area contributed by atoms with Crippen LogP contribution in [0.25, 0.3) is 0 Å². The van der Waals surface area contributed by atoms with Gasteiger partial charge >= 0.3 is 0 Å². The van der Waals surface area contributed by atoms with E-state index in [1.54, 1.807) is 12.1 Å². The number of rotatable bonds is 8. The van der Waals surface area contributed by atoms with Crippen molar-refractivity contribution in [2.75, 3.05) is 44.2 Å². The molecule has 2 atom stereocenters. The molecule has 0 radical (unpaired) electrons. The van der Waals surface area contributed by atoms with E-state index in [1.807, 2.05) is 30.3 Å². The predicted octanol–water partition coefficient (Wildman–Crippen LogP) is 5.33. The summed E-state index contributed by atoms with van der Waals surface area (Å²) in [6, 6.07) is 16.0. The van der Waals surface area contributed by atoms with Crippen molar-refractivity contribution in [3.8, 4) is 0 Å². The van der Waals surface area contributed by atoms with Crippen molar-refractivity contribution in [3.05, 3.63) is 64.9 Å². The molecular formula is C30H40ClFN4O. The number of nitrogens with one attached hydrogen (secondary N) is 1. The molecule has 1 aliphatic carbocycles. The van der Waals surface area contributed by atoms with Gasteiger partial charge in [-0.1, -0.05) is 54.8 Å². The van der Waals surface area contributed by atoms with Crippen molar-refractivity contribution in [3.63, 3.8) is 0 Å². The van der Waals surface area contributed by atoms with Crippen molar-refractivity contribution in [1.29, 1.82) is 0 Å². The van der Waals surface area contributed by atoms with Gasteiger partial charge in [0.15, 0.2) is 0 Å². The number of hydrogen-bond acceptors (Lipinski definition) is 4. The standard InChI is InChI=1S/C30H40ClFN4O/c31-26-10-4-1-7-23(26)21-34-16-15-28(24(22-34)13-14-30(37)33-25-8-2-3-9-25)35-17-19-36(20-18-35)29-12-6-5-11-27(29)32/h1,4-7,10-12,24-25,28H,2-3,8-9,13-22H2,(H,33,37)/t24-,28+/m0/s1. The first-order chi connectivity index (χ1) is 18.1. The van der Waals surface area contributed by atoms with Crippen LogP contribution in [-0.2, 0) is 11.3 Å². The molecule has 7 heteroatoms. The Morgan fingerprint density at radius 2 is 1.68 bits per heavy atom. The van der Waals surface area contributed by atoms with Crippen molar-refractivity contribution in [1.82, 2.24) is 15.1 Å². The zero-order valence-electron chi connectivity index (χ0n) is 21.8. The number of para-hydroxylation sites is 1. The molecule has 2 saturated heterocycles. The van der Waals surface area contributed by atoms with Crippen LogP contribution in [0.5, 0.6) is 0 Å². The zero-order valence-corrected chi connectivity index (χ0v) is 22.5. The molecule has 37 heavy (non-hydrogen) atoms. The van der Waals surface area contributed by atoms with Gasteiger partial charge in [0.05, 0.1) is 5.69 Å². The average molecular weight is 527 g/mol. The third-order valence-electron chi connectivity index (χ3n) is 8.57. The Hall–Kier alpha value is -2.15. The summed E-state index contributed by atoms with van der Waals surface area (Å²) in [4.78, 5) is 20.1. The zero-order chi connectivity index (χ0) is 25.6. The lowest BCUT2D eigenvalue weighted by Gasteiger charge is -2.47. The van der Waals surface area contributed by atoms with Gasteiger partial charge in [0.25, 0.3) is 0 Å². The Balaban J connectivity index is 1.22. The highest BCUT2D eigenvalue weighted by atomic mass is 35.5. The lowest BCUT2D eigenvalue weighted by molar-refractivity contribution is -0.122. The Labute approximate surface area is 225 Å². The Morgan fingerprint density at radius 1 is 0.946 bits per heavy atom. The summed E-state index contributed by atoms with van der Waals surface area (Å²) in [5, 5.41) is 4.10. The molecule has 5 rings (SSSR count). The fourth-order valence-corrected chi connectivity index (χ4v) is 6.76. The molecule has 2 heterocycles. The van der Waals surface area contributed by atoms with Crippen molar-refractivity contribution in [2.24, 2.45) is 5.92 Å². The molecule has 0 spiro atoms. The van der Waals surface area contributed by atoms with Gasteiger partial charge in [0, 0.05) is 62.8 Å². The predicted molar refractivity (Wildman–Crippen MR) is 148 cm³/mol. The summed E-state index contributed by atoms with van der Waals surface area (Å²) in [5.41, 5.74) is 1.87. The van der Waals surface area contributed by atoms with E-state index in [9.17, 15) is 9.18 Å². The largest absolute Gasteiger partial charge is 0.367 e. The molecule has 2 aromatic rings. The van der Waals surface area contributed by atoms with E-state index in [1.165, 1.54) is 18.4 Å². The highest BCUT2D eigenvalue weighted by Gasteiger charge is 2.35. The van der Waals surface area contributed by atoms with Crippen LogP contribution in [0.2, 0.25) is 5.02 Å². The van der Waals surface area contributed by atoms with E-state index >= 15 is 0 Å². The number of halogens is 2. The number of piperazine rings is 1. The first-order valence-electron chi connectivity index (χ1n) is 14.1. The van der Waals surface area contributed by atoms with E-state index in [4.69, 9.17) is 11.6 Å². The van der Waals surface area contributed by atoms with E-state index in [2.05, 4.69) is 26.1 Å². The number of hydrogen-bond donors (Lipinski definition) is 1. The van der Waals surface area contributed by atoms with E-state index in [-0.39, 0.29) is 11.7 Å².